The fourth-order valence-electron chi connectivity index (χ4n) is 0. The molecular weight excluding hydrogens is 53.8 g/mol. The summed E-state index contributed by atoms with van der Waals surface area (Å²) in [6, 6.07) is 0. The van der Waals surface area contributed by atoms with E-state index in [0.717, 1.165) is 0 Å². The molecule has 0 atom stereocenters. The van der Waals surface area contributed by atoms with Crippen LogP contribution in [-0.4, -0.2) is 7.85 Å². The monoisotopic (exact) mass is 62.1 g/mol. The van der Waals surface area contributed by atoms with Gasteiger partial charge in [-0.15, -0.1) is 12.7 Å². The second-order valence-corrected chi connectivity index (χ2v) is 0.289. The average Bonchev–Trinajstić information content (AvgIpc) is 1.37. The third kappa shape index (κ3) is 12.9. The van der Waals surface area contributed by atoms with Gasteiger partial charge in [-0.2, -0.15) is 6.32 Å². The molecule has 0 heterocycles. The predicted molar refractivity (Wildman–Crippen MR) is 24.9 cm³/mol. The van der Waals surface area contributed by atoms with Crippen molar-refractivity contribution in [1.29, 1.82) is 0 Å². The van der Waals surface area contributed by atoms with Gasteiger partial charge in [-0.05, 0) is 7.85 Å². The number of hydrogen-bond donors (Lipinski definition) is 0. The third-order valence-electron chi connectivity index (χ3n) is 0. The quantitative estimate of drug-likeness (QED) is 0.224. The van der Waals surface area contributed by atoms with E-state index >= 15 is 0 Å². The molecule has 0 fully saturated rings. The first kappa shape index (κ1) is 9.04. The van der Waals surface area contributed by atoms with E-state index in [4.69, 9.17) is 0 Å². The van der Waals surface area contributed by atoms with Crippen LogP contribution in [0.5, 0.6) is 0 Å². The van der Waals surface area contributed by atoms with Crippen LogP contribution in [-0.2, 0) is 0 Å². The predicted octanol–water partition coefficient (Wildman–Crippen LogP) is -3.04. The van der Waals surface area contributed by atoms with E-state index in [-0.39, 0.29) is 18.9 Å². The summed E-state index contributed by atoms with van der Waals surface area (Å²) < 4.78 is 0. The zero-order valence-electron chi connectivity index (χ0n) is 2.99. The van der Waals surface area contributed by atoms with Crippen LogP contribution in [0.15, 0.2) is 12.7 Å². The van der Waals surface area contributed by atoms with Crippen molar-refractivity contribution in [2.24, 2.45) is 0 Å². The molecule has 0 nitrogen and oxygen atoms in total. The first-order chi connectivity index (χ1) is 1.91. The van der Waals surface area contributed by atoms with Gasteiger partial charge in [-0.3, -0.25) is 0 Å². The minimum atomic E-state index is 0. The Hall–Kier alpha value is 0.402. The van der Waals surface area contributed by atoms with Gasteiger partial charge in [-0.25, -0.2) is 0 Å². The Morgan fingerprint density at radius 1 is 1.80 bits per heavy atom. The Labute approximate surface area is 46.2 Å². The van der Waals surface area contributed by atoms with E-state index in [1.807, 2.05) is 6.08 Å². The van der Waals surface area contributed by atoms with Gasteiger partial charge in [0.05, 0.1) is 0 Å². The molecule has 0 aliphatic heterocycles. The number of hydrogen-bond acceptors (Lipinski definition) is 0. The van der Waals surface area contributed by atoms with Crippen molar-refractivity contribution in [3.8, 4) is 0 Å². The standard InChI is InChI=1S/C3H8B.Li/c1-2-3-4;/h2H,1,3H2,4H3;/q-1;+1. The zero-order valence-corrected chi connectivity index (χ0v) is 2.99. The molecule has 0 aromatic heterocycles. The summed E-state index contributed by atoms with van der Waals surface area (Å²) in [5, 5.41) is 0. The van der Waals surface area contributed by atoms with Gasteiger partial charge >= 0.3 is 18.9 Å². The van der Waals surface area contributed by atoms with Gasteiger partial charge in [0.25, 0.3) is 0 Å². The summed E-state index contributed by atoms with van der Waals surface area (Å²) in [6.07, 6.45) is 3.32. The minimum Gasteiger partial charge on any atom is -0.169 e. The van der Waals surface area contributed by atoms with Crippen molar-refractivity contribution in [3.63, 3.8) is 0 Å². The van der Waals surface area contributed by atoms with Crippen LogP contribution >= 0.6 is 0 Å². The molecule has 0 spiro atoms. The van der Waals surface area contributed by atoms with Gasteiger partial charge in [-0.1, -0.05) is 0 Å². The molecule has 0 amide bonds. The van der Waals surface area contributed by atoms with Gasteiger partial charge < -0.3 is 0 Å². The van der Waals surface area contributed by atoms with Gasteiger partial charge in [0.2, 0.25) is 0 Å². The maximum atomic E-state index is 3.54. The van der Waals surface area contributed by atoms with Crippen LogP contribution in [0.1, 0.15) is 0 Å². The van der Waals surface area contributed by atoms with Crippen LogP contribution in [0.3, 0.4) is 0 Å². The summed E-state index contributed by atoms with van der Waals surface area (Å²) in [5.74, 6) is 0. The molecule has 0 aromatic rings. The molecule has 0 saturated carbocycles. The largest absolute Gasteiger partial charge is 1.00 e. The summed E-state index contributed by atoms with van der Waals surface area (Å²) >= 11 is 0. The van der Waals surface area contributed by atoms with Crippen molar-refractivity contribution < 1.29 is 18.9 Å². The first-order valence-electron chi connectivity index (χ1n) is 0.816. The van der Waals surface area contributed by atoms with Crippen LogP contribution in [0.2, 0.25) is 6.32 Å². The van der Waals surface area contributed by atoms with E-state index in [2.05, 4.69) is 6.58 Å². The Morgan fingerprint density at radius 2 is 2.00 bits per heavy atom. The summed E-state index contributed by atoms with van der Waals surface area (Å²) in [5.41, 5.74) is 0. The smallest absolute Gasteiger partial charge is 0.169 e. The number of rotatable bonds is 1. The zero-order chi connectivity index (χ0) is 3.41. The molecule has 0 N–H and O–H groups in total. The van der Waals surface area contributed by atoms with Gasteiger partial charge in [0.15, 0.2) is 0 Å². The molecule has 0 aliphatic carbocycles. The second-order valence-electron chi connectivity index (χ2n) is 0.289. The molecule has 0 rings (SSSR count). The third-order valence-corrected chi connectivity index (χ3v) is 0. The summed E-state index contributed by atoms with van der Waals surface area (Å²) in [7, 11) is 0.639. The first-order valence-corrected chi connectivity index (χ1v) is 0.816. The SMILES string of the molecule is [BH3-]CC=C.[Li+]. The fraction of sp³-hybridized carbons (Fsp3) is 0.333. The van der Waals surface area contributed by atoms with Crippen molar-refractivity contribution >= 4 is 7.85 Å². The number of allylic oxidation sites excluding steroid dienone is 1. The molecule has 0 saturated heterocycles. The summed E-state index contributed by atoms with van der Waals surface area (Å²) in [4.78, 5) is 0. The van der Waals surface area contributed by atoms with Crippen molar-refractivity contribution in [2.45, 2.75) is 6.32 Å². The Kier molecular flexibility index (Phi) is 16.0. The molecule has 5 heavy (non-hydrogen) atoms. The normalized spacial score (nSPS) is 5.00. The Bertz CT molecular complexity index is 20.9. The molecule has 0 unspecified atom stereocenters. The maximum absolute atomic E-state index is 3.54. The Morgan fingerprint density at radius 3 is 2.00 bits per heavy atom. The molecular formula is C3H8BLi. The van der Waals surface area contributed by atoms with E-state index in [9.17, 15) is 0 Å². The van der Waals surface area contributed by atoms with E-state index in [1.54, 1.807) is 0 Å². The van der Waals surface area contributed by atoms with Gasteiger partial charge in [0.1, 0.15) is 0 Å². The molecule has 2 heteroatoms. The average molecular weight is 61.9 g/mol. The van der Waals surface area contributed by atoms with Crippen LogP contribution in [0, 0.1) is 0 Å². The molecule has 24 valence electrons. The van der Waals surface area contributed by atoms with Crippen LogP contribution in [0.4, 0.5) is 0 Å². The van der Waals surface area contributed by atoms with E-state index in [0.29, 0.717) is 7.85 Å². The second kappa shape index (κ2) is 8.83. The molecule has 0 radical (unpaired) electrons. The molecule has 0 aliphatic rings. The minimum absolute atomic E-state index is 0. The van der Waals surface area contributed by atoms with Crippen LogP contribution in [0.25, 0.3) is 0 Å². The fourth-order valence-corrected chi connectivity index (χ4v) is 0. The van der Waals surface area contributed by atoms with Crippen molar-refractivity contribution in [2.75, 3.05) is 0 Å². The van der Waals surface area contributed by atoms with Gasteiger partial charge in [0, 0.05) is 0 Å². The van der Waals surface area contributed by atoms with Crippen molar-refractivity contribution in [3.05, 3.63) is 12.7 Å². The van der Waals surface area contributed by atoms with Crippen LogP contribution < -0.4 is 18.9 Å². The van der Waals surface area contributed by atoms with E-state index < -0.39 is 0 Å². The molecule has 0 aromatic carbocycles. The van der Waals surface area contributed by atoms with Crippen molar-refractivity contribution in [1.82, 2.24) is 0 Å². The Balaban J connectivity index is 0. The van der Waals surface area contributed by atoms with E-state index in [1.165, 1.54) is 6.32 Å². The molecule has 0 bridgehead atoms. The summed E-state index contributed by atoms with van der Waals surface area (Å²) in [6.45, 7) is 3.54. The maximum Gasteiger partial charge on any atom is 1.00 e. The topological polar surface area (TPSA) is 0 Å².